The number of ether oxygens (including phenoxy) is 1. The maximum absolute atomic E-state index is 12.4. The molecule has 1 atom stereocenters. The standard InChI is InChI=1S/C18H16N2O4/c1-11-15(19-10-24-11)17(21)20-16(18(22)23-2)14-8-7-12-5-3-4-6-13(12)9-14/h3-10,16H,1-2H3,(H,20,21)/t16-/m0/s1. The molecule has 0 aliphatic rings. The third-order valence-corrected chi connectivity index (χ3v) is 3.78. The molecule has 3 aromatic rings. The number of hydrogen-bond donors (Lipinski definition) is 1. The van der Waals surface area contributed by atoms with Gasteiger partial charge < -0.3 is 14.5 Å². The van der Waals surface area contributed by atoms with Gasteiger partial charge in [-0.1, -0.05) is 36.4 Å². The molecule has 0 aliphatic heterocycles. The Hall–Kier alpha value is -3.15. The summed E-state index contributed by atoms with van der Waals surface area (Å²) in [6.45, 7) is 1.63. The van der Waals surface area contributed by atoms with Gasteiger partial charge in [0.05, 0.1) is 7.11 Å². The minimum Gasteiger partial charge on any atom is -0.467 e. The molecule has 0 saturated heterocycles. The van der Waals surface area contributed by atoms with Crippen LogP contribution < -0.4 is 5.32 Å². The maximum atomic E-state index is 12.4. The number of benzene rings is 2. The number of esters is 1. The second kappa shape index (κ2) is 6.54. The van der Waals surface area contributed by atoms with Crippen molar-refractivity contribution in [3.05, 3.63) is 65.9 Å². The Morgan fingerprint density at radius 1 is 1.17 bits per heavy atom. The predicted octanol–water partition coefficient (Wildman–Crippen LogP) is 2.78. The highest BCUT2D eigenvalue weighted by Crippen LogP contribution is 2.22. The minimum atomic E-state index is -0.928. The van der Waals surface area contributed by atoms with Gasteiger partial charge in [-0.15, -0.1) is 0 Å². The number of hydrogen-bond acceptors (Lipinski definition) is 5. The molecular formula is C18H16N2O4. The van der Waals surface area contributed by atoms with E-state index < -0.39 is 17.9 Å². The first kappa shape index (κ1) is 15.7. The molecule has 0 radical (unpaired) electrons. The Morgan fingerprint density at radius 2 is 1.92 bits per heavy atom. The molecule has 0 bridgehead atoms. The van der Waals surface area contributed by atoms with Crippen molar-refractivity contribution in [2.24, 2.45) is 0 Å². The van der Waals surface area contributed by atoms with Crippen molar-refractivity contribution in [2.45, 2.75) is 13.0 Å². The Bertz CT molecular complexity index is 901. The monoisotopic (exact) mass is 324 g/mol. The van der Waals surface area contributed by atoms with E-state index in [9.17, 15) is 9.59 Å². The normalized spacial score (nSPS) is 11.9. The molecule has 122 valence electrons. The highest BCUT2D eigenvalue weighted by atomic mass is 16.5. The van der Waals surface area contributed by atoms with Crippen molar-refractivity contribution in [2.75, 3.05) is 7.11 Å². The molecule has 0 aliphatic carbocycles. The van der Waals surface area contributed by atoms with Gasteiger partial charge in [0.2, 0.25) is 0 Å². The lowest BCUT2D eigenvalue weighted by molar-refractivity contribution is -0.143. The van der Waals surface area contributed by atoms with E-state index >= 15 is 0 Å². The van der Waals surface area contributed by atoms with E-state index in [4.69, 9.17) is 9.15 Å². The van der Waals surface area contributed by atoms with Gasteiger partial charge in [-0.05, 0) is 29.3 Å². The summed E-state index contributed by atoms with van der Waals surface area (Å²) < 4.78 is 9.86. The number of rotatable bonds is 4. The number of amides is 1. The number of aryl methyl sites for hydroxylation is 1. The third kappa shape index (κ3) is 2.99. The van der Waals surface area contributed by atoms with Crippen molar-refractivity contribution >= 4 is 22.6 Å². The fraction of sp³-hybridized carbons (Fsp3) is 0.167. The summed E-state index contributed by atoms with van der Waals surface area (Å²) in [5.74, 6) is -0.667. The van der Waals surface area contributed by atoms with Crippen LogP contribution in [-0.2, 0) is 9.53 Å². The van der Waals surface area contributed by atoms with Crippen LogP contribution in [0.15, 0.2) is 53.3 Å². The number of carbonyl (C=O) groups excluding carboxylic acids is 2. The number of aromatic nitrogens is 1. The van der Waals surface area contributed by atoms with Crippen molar-refractivity contribution < 1.29 is 18.7 Å². The van der Waals surface area contributed by atoms with Gasteiger partial charge in [-0.25, -0.2) is 9.78 Å². The SMILES string of the molecule is COC(=O)[C@@H](NC(=O)c1ncoc1C)c1ccc2ccccc2c1. The van der Waals surface area contributed by atoms with Gasteiger partial charge in [0.25, 0.3) is 5.91 Å². The molecule has 6 nitrogen and oxygen atoms in total. The first-order valence-electron chi connectivity index (χ1n) is 7.37. The number of fused-ring (bicyclic) bond motifs is 1. The van der Waals surface area contributed by atoms with E-state index in [1.54, 1.807) is 13.0 Å². The van der Waals surface area contributed by atoms with Crippen molar-refractivity contribution in [1.82, 2.24) is 10.3 Å². The molecule has 6 heteroatoms. The van der Waals surface area contributed by atoms with Crippen LogP contribution in [0.25, 0.3) is 10.8 Å². The molecular weight excluding hydrogens is 308 g/mol. The molecule has 0 saturated carbocycles. The zero-order valence-corrected chi connectivity index (χ0v) is 13.3. The molecule has 1 aromatic heterocycles. The van der Waals surface area contributed by atoms with E-state index in [1.165, 1.54) is 13.5 Å². The second-order valence-corrected chi connectivity index (χ2v) is 5.29. The van der Waals surface area contributed by atoms with E-state index in [2.05, 4.69) is 10.3 Å². The molecule has 2 aromatic carbocycles. The molecule has 24 heavy (non-hydrogen) atoms. The average Bonchev–Trinajstić information content (AvgIpc) is 3.04. The second-order valence-electron chi connectivity index (χ2n) is 5.29. The molecule has 1 amide bonds. The lowest BCUT2D eigenvalue weighted by Gasteiger charge is -2.17. The summed E-state index contributed by atoms with van der Waals surface area (Å²) in [6, 6.07) is 12.4. The maximum Gasteiger partial charge on any atom is 0.333 e. The first-order chi connectivity index (χ1) is 11.6. The van der Waals surface area contributed by atoms with Crippen LogP contribution in [0.3, 0.4) is 0 Å². The van der Waals surface area contributed by atoms with Crippen LogP contribution in [0.5, 0.6) is 0 Å². The smallest absolute Gasteiger partial charge is 0.333 e. The van der Waals surface area contributed by atoms with E-state index in [0.29, 0.717) is 11.3 Å². The zero-order chi connectivity index (χ0) is 17.1. The van der Waals surface area contributed by atoms with Gasteiger partial charge >= 0.3 is 5.97 Å². The molecule has 1 N–H and O–H groups in total. The topological polar surface area (TPSA) is 81.4 Å². The third-order valence-electron chi connectivity index (χ3n) is 3.78. The molecule has 3 rings (SSSR count). The van der Waals surface area contributed by atoms with Crippen LogP contribution in [0.1, 0.15) is 27.9 Å². The van der Waals surface area contributed by atoms with Crippen LogP contribution in [0.2, 0.25) is 0 Å². The van der Waals surface area contributed by atoms with Gasteiger partial charge in [0.15, 0.2) is 18.1 Å². The van der Waals surface area contributed by atoms with Crippen molar-refractivity contribution in [3.8, 4) is 0 Å². The summed E-state index contributed by atoms with van der Waals surface area (Å²) in [4.78, 5) is 28.4. The van der Waals surface area contributed by atoms with Crippen LogP contribution in [-0.4, -0.2) is 24.0 Å². The predicted molar refractivity (Wildman–Crippen MR) is 87.4 cm³/mol. The number of oxazole rings is 1. The largest absolute Gasteiger partial charge is 0.467 e. The van der Waals surface area contributed by atoms with E-state index in [-0.39, 0.29) is 5.69 Å². The molecule has 0 spiro atoms. The zero-order valence-electron chi connectivity index (χ0n) is 13.3. The average molecular weight is 324 g/mol. The number of carbonyl (C=O) groups is 2. The summed E-state index contributed by atoms with van der Waals surface area (Å²) in [7, 11) is 1.28. The van der Waals surface area contributed by atoms with Crippen LogP contribution in [0, 0.1) is 6.92 Å². The number of nitrogens with zero attached hydrogens (tertiary/aromatic N) is 1. The Morgan fingerprint density at radius 3 is 2.58 bits per heavy atom. The Kier molecular flexibility index (Phi) is 4.29. The van der Waals surface area contributed by atoms with Crippen LogP contribution >= 0.6 is 0 Å². The first-order valence-corrected chi connectivity index (χ1v) is 7.37. The summed E-state index contributed by atoms with van der Waals surface area (Å²) in [5, 5.41) is 4.67. The van der Waals surface area contributed by atoms with Gasteiger partial charge in [-0.3, -0.25) is 4.79 Å². The van der Waals surface area contributed by atoms with Crippen molar-refractivity contribution in [1.29, 1.82) is 0 Å². The number of nitrogens with one attached hydrogen (secondary N) is 1. The summed E-state index contributed by atoms with van der Waals surface area (Å²) in [6.07, 6.45) is 1.19. The Balaban J connectivity index is 1.95. The minimum absolute atomic E-state index is 0.143. The fourth-order valence-electron chi connectivity index (χ4n) is 2.51. The quantitative estimate of drug-likeness (QED) is 0.746. The fourth-order valence-corrected chi connectivity index (χ4v) is 2.51. The van der Waals surface area contributed by atoms with E-state index in [1.807, 2.05) is 36.4 Å². The Labute approximate surface area is 138 Å². The summed E-state index contributed by atoms with van der Waals surface area (Å²) in [5.41, 5.74) is 0.778. The highest BCUT2D eigenvalue weighted by molar-refractivity contribution is 5.96. The lowest BCUT2D eigenvalue weighted by atomic mass is 10.0. The van der Waals surface area contributed by atoms with E-state index in [0.717, 1.165) is 10.8 Å². The van der Waals surface area contributed by atoms with Gasteiger partial charge in [-0.2, -0.15) is 0 Å². The number of methoxy groups -OCH3 is 1. The van der Waals surface area contributed by atoms with Crippen molar-refractivity contribution in [3.63, 3.8) is 0 Å². The lowest BCUT2D eigenvalue weighted by Crippen LogP contribution is -2.35. The summed E-state index contributed by atoms with van der Waals surface area (Å²) >= 11 is 0. The van der Waals surface area contributed by atoms with Crippen LogP contribution in [0.4, 0.5) is 0 Å². The van der Waals surface area contributed by atoms with Gasteiger partial charge in [0.1, 0.15) is 5.76 Å². The highest BCUT2D eigenvalue weighted by Gasteiger charge is 2.26. The van der Waals surface area contributed by atoms with Gasteiger partial charge in [0, 0.05) is 0 Å². The molecule has 1 heterocycles. The molecule has 0 unspecified atom stereocenters. The molecule has 0 fully saturated rings.